The molecule has 0 fully saturated rings. The van der Waals surface area contributed by atoms with E-state index in [1.165, 1.54) is 12.4 Å². The Morgan fingerprint density at radius 3 is 2.65 bits per heavy atom. The topological polar surface area (TPSA) is 54.3 Å². The summed E-state index contributed by atoms with van der Waals surface area (Å²) >= 11 is 0. The highest BCUT2D eigenvalue weighted by atomic mass is 16.2. The second kappa shape index (κ2) is 6.02. The largest absolute Gasteiger partial charge is 0.345 e. The summed E-state index contributed by atoms with van der Waals surface area (Å²) in [6, 6.07) is 14.1. The molecular weight excluding hydrogens is 326 g/mol. The Bertz CT molecular complexity index is 1030. The van der Waals surface area contributed by atoms with Gasteiger partial charge in [0, 0.05) is 47.0 Å². The van der Waals surface area contributed by atoms with Gasteiger partial charge < -0.3 is 14.8 Å². The smallest absolute Gasteiger partial charge is 0.259 e. The highest BCUT2D eigenvalue weighted by molar-refractivity contribution is 6.11. The first-order chi connectivity index (χ1) is 12.4. The lowest BCUT2D eigenvalue weighted by Crippen LogP contribution is -2.22. The number of aromatic nitrogens is 1. The normalized spacial score (nSPS) is 13.5. The average molecular weight is 347 g/mol. The molecular formula is C21H21N3O2. The second-order valence-electron chi connectivity index (χ2n) is 7.00. The van der Waals surface area contributed by atoms with Crippen molar-refractivity contribution in [3.05, 3.63) is 59.8 Å². The highest BCUT2D eigenvalue weighted by Gasteiger charge is 2.29. The number of rotatable bonds is 3. The van der Waals surface area contributed by atoms with Crippen LogP contribution in [0.3, 0.4) is 0 Å². The van der Waals surface area contributed by atoms with Crippen molar-refractivity contribution in [3.63, 3.8) is 0 Å². The van der Waals surface area contributed by atoms with Gasteiger partial charge in [-0.1, -0.05) is 6.07 Å². The fourth-order valence-corrected chi connectivity index (χ4v) is 3.56. The van der Waals surface area contributed by atoms with Crippen molar-refractivity contribution >= 4 is 34.1 Å². The molecule has 3 aromatic rings. The van der Waals surface area contributed by atoms with Crippen LogP contribution in [0.4, 0.5) is 11.4 Å². The van der Waals surface area contributed by atoms with E-state index in [0.29, 0.717) is 23.8 Å². The van der Waals surface area contributed by atoms with E-state index in [1.54, 1.807) is 11.0 Å². The van der Waals surface area contributed by atoms with Crippen molar-refractivity contribution < 1.29 is 9.59 Å². The van der Waals surface area contributed by atoms with Gasteiger partial charge in [-0.25, -0.2) is 0 Å². The van der Waals surface area contributed by atoms with Gasteiger partial charge in [0.1, 0.15) is 0 Å². The summed E-state index contributed by atoms with van der Waals surface area (Å²) < 4.78 is 2.22. The minimum absolute atomic E-state index is 0.0326. The number of anilines is 2. The van der Waals surface area contributed by atoms with E-state index in [4.69, 9.17) is 0 Å². The van der Waals surface area contributed by atoms with Gasteiger partial charge in [0.05, 0.1) is 6.54 Å². The quantitative estimate of drug-likeness (QED) is 0.766. The monoisotopic (exact) mass is 347 g/mol. The van der Waals surface area contributed by atoms with Crippen molar-refractivity contribution in [3.8, 4) is 0 Å². The molecule has 0 spiro atoms. The molecule has 2 amide bonds. The number of hydrogen-bond acceptors (Lipinski definition) is 2. The number of carbonyl (C=O) groups is 2. The molecule has 2 heterocycles. The molecule has 0 radical (unpaired) electrons. The summed E-state index contributed by atoms with van der Waals surface area (Å²) in [6.07, 6.45) is 2.08. The lowest BCUT2D eigenvalue weighted by molar-refractivity contribution is -0.114. The van der Waals surface area contributed by atoms with Gasteiger partial charge in [-0.05, 0) is 55.8 Å². The Labute approximate surface area is 152 Å². The Morgan fingerprint density at radius 1 is 1.12 bits per heavy atom. The first-order valence-electron chi connectivity index (χ1n) is 8.77. The highest BCUT2D eigenvalue weighted by Crippen LogP contribution is 2.32. The maximum atomic E-state index is 12.9. The molecule has 5 heteroatoms. The van der Waals surface area contributed by atoms with Crippen molar-refractivity contribution in [1.82, 2.24) is 4.57 Å². The Balaban J connectivity index is 1.67. The molecule has 0 aliphatic carbocycles. The SMILES string of the molecule is CC(=O)Nc1ccc2c(c1)C(=O)N(c1ccc3c(ccn3C(C)C)c1)C2. The van der Waals surface area contributed by atoms with E-state index in [0.717, 1.165) is 16.6 Å². The molecule has 0 saturated heterocycles. The summed E-state index contributed by atoms with van der Waals surface area (Å²) in [4.78, 5) is 25.9. The zero-order valence-electron chi connectivity index (χ0n) is 15.1. The lowest BCUT2D eigenvalue weighted by atomic mass is 10.1. The molecule has 0 atom stereocenters. The Hall–Kier alpha value is -3.08. The van der Waals surface area contributed by atoms with E-state index in [-0.39, 0.29) is 11.8 Å². The van der Waals surface area contributed by atoms with Gasteiger partial charge in [0.2, 0.25) is 5.91 Å². The van der Waals surface area contributed by atoms with Crippen molar-refractivity contribution in [2.24, 2.45) is 0 Å². The number of nitrogens with zero attached hydrogens (tertiary/aromatic N) is 2. The number of nitrogens with one attached hydrogen (secondary N) is 1. The maximum Gasteiger partial charge on any atom is 0.259 e. The fraction of sp³-hybridized carbons (Fsp3) is 0.238. The van der Waals surface area contributed by atoms with E-state index >= 15 is 0 Å². The number of amides is 2. The predicted octanol–water partition coefficient (Wildman–Crippen LogP) is 4.34. The number of carbonyl (C=O) groups excluding carboxylic acids is 2. The first kappa shape index (κ1) is 16.4. The van der Waals surface area contributed by atoms with Crippen LogP contribution in [0.2, 0.25) is 0 Å². The van der Waals surface area contributed by atoms with E-state index in [9.17, 15) is 9.59 Å². The number of benzene rings is 2. The van der Waals surface area contributed by atoms with Crippen LogP contribution in [0.5, 0.6) is 0 Å². The molecule has 1 N–H and O–H groups in total. The lowest BCUT2D eigenvalue weighted by Gasteiger charge is -2.16. The molecule has 5 nitrogen and oxygen atoms in total. The molecule has 1 aliphatic rings. The molecule has 1 aliphatic heterocycles. The zero-order chi connectivity index (χ0) is 18.4. The van der Waals surface area contributed by atoms with Gasteiger partial charge in [-0.3, -0.25) is 9.59 Å². The van der Waals surface area contributed by atoms with Gasteiger partial charge >= 0.3 is 0 Å². The molecule has 0 saturated carbocycles. The van der Waals surface area contributed by atoms with Gasteiger partial charge in [-0.15, -0.1) is 0 Å². The van der Waals surface area contributed by atoms with Gasteiger partial charge in [-0.2, -0.15) is 0 Å². The van der Waals surface area contributed by atoms with Crippen LogP contribution in [-0.4, -0.2) is 16.4 Å². The van der Waals surface area contributed by atoms with Crippen LogP contribution in [0.1, 0.15) is 42.7 Å². The van der Waals surface area contributed by atoms with E-state index < -0.39 is 0 Å². The minimum Gasteiger partial charge on any atom is -0.345 e. The third-order valence-corrected chi connectivity index (χ3v) is 4.81. The molecule has 1 aromatic heterocycles. The average Bonchev–Trinajstić information content (AvgIpc) is 3.15. The van der Waals surface area contributed by atoms with Crippen molar-refractivity contribution in [2.75, 3.05) is 10.2 Å². The summed E-state index contributed by atoms with van der Waals surface area (Å²) in [5.41, 5.74) is 4.33. The Morgan fingerprint density at radius 2 is 1.92 bits per heavy atom. The zero-order valence-corrected chi connectivity index (χ0v) is 15.1. The number of hydrogen-bond donors (Lipinski definition) is 1. The van der Waals surface area contributed by atoms with Gasteiger partial charge in [0.15, 0.2) is 0 Å². The summed E-state index contributed by atoms with van der Waals surface area (Å²) in [5, 5.41) is 3.86. The van der Waals surface area contributed by atoms with Crippen molar-refractivity contribution in [2.45, 2.75) is 33.4 Å². The molecule has 4 rings (SSSR count). The van der Waals surface area contributed by atoms with Crippen LogP contribution < -0.4 is 10.2 Å². The van der Waals surface area contributed by atoms with Crippen LogP contribution >= 0.6 is 0 Å². The summed E-state index contributed by atoms with van der Waals surface area (Å²) in [7, 11) is 0. The van der Waals surface area contributed by atoms with Crippen molar-refractivity contribution in [1.29, 1.82) is 0 Å². The minimum atomic E-state index is -0.146. The van der Waals surface area contributed by atoms with Crippen LogP contribution in [0.15, 0.2) is 48.7 Å². The molecule has 0 unspecified atom stereocenters. The maximum absolute atomic E-state index is 12.9. The molecule has 0 bridgehead atoms. The standard InChI is InChI=1S/C21H21N3O2/c1-13(2)23-9-8-15-10-18(6-7-20(15)23)24-12-16-4-5-17(22-14(3)25)11-19(16)21(24)26/h4-11,13H,12H2,1-3H3,(H,22,25). The van der Waals surface area contributed by atoms with E-state index in [2.05, 4.69) is 48.1 Å². The molecule has 132 valence electrons. The second-order valence-corrected chi connectivity index (χ2v) is 7.00. The number of fused-ring (bicyclic) bond motifs is 2. The Kier molecular flexibility index (Phi) is 3.80. The van der Waals surface area contributed by atoms with E-state index in [1.807, 2.05) is 18.2 Å². The summed E-state index contributed by atoms with van der Waals surface area (Å²) in [6.45, 7) is 6.31. The first-order valence-corrected chi connectivity index (χ1v) is 8.77. The molecule has 2 aromatic carbocycles. The fourth-order valence-electron chi connectivity index (χ4n) is 3.56. The third kappa shape index (κ3) is 2.65. The van der Waals surface area contributed by atoms with Crippen LogP contribution in [0.25, 0.3) is 10.9 Å². The van der Waals surface area contributed by atoms with Crippen LogP contribution in [-0.2, 0) is 11.3 Å². The third-order valence-electron chi connectivity index (χ3n) is 4.81. The predicted molar refractivity (Wildman–Crippen MR) is 104 cm³/mol. The van der Waals surface area contributed by atoms with Crippen LogP contribution in [0, 0.1) is 0 Å². The molecule has 26 heavy (non-hydrogen) atoms. The van der Waals surface area contributed by atoms with Gasteiger partial charge in [0.25, 0.3) is 5.91 Å². The summed E-state index contributed by atoms with van der Waals surface area (Å²) in [5.74, 6) is -0.179.